The van der Waals surface area contributed by atoms with Crippen LogP contribution >= 0.6 is 0 Å². The molecule has 1 heterocycles. The van der Waals surface area contributed by atoms with Crippen molar-refractivity contribution in [1.29, 1.82) is 0 Å². The molecule has 0 aliphatic carbocycles. The molecule has 1 atom stereocenters. The first kappa shape index (κ1) is 18.0. The number of hydrogen-bond acceptors (Lipinski definition) is 3. The summed E-state index contributed by atoms with van der Waals surface area (Å²) < 4.78 is 0. The first-order valence-corrected chi connectivity index (χ1v) is 8.46. The fourth-order valence-electron chi connectivity index (χ4n) is 2.79. The number of carbonyl (C=O) groups is 3. The lowest BCUT2D eigenvalue weighted by Crippen LogP contribution is -2.47. The molecule has 2 rings (SSSR count). The van der Waals surface area contributed by atoms with Crippen LogP contribution in [0.2, 0.25) is 0 Å². The van der Waals surface area contributed by atoms with Gasteiger partial charge in [-0.2, -0.15) is 0 Å². The van der Waals surface area contributed by atoms with E-state index in [9.17, 15) is 14.4 Å². The lowest BCUT2D eigenvalue weighted by atomic mass is 9.97. The SMILES string of the molecule is CCCNC(=O)C1CCCN(C(=O)Nc2cccc(C(C)=O)c2)C1. The Morgan fingerprint density at radius 1 is 1.29 bits per heavy atom. The van der Waals surface area contributed by atoms with E-state index in [0.29, 0.717) is 30.9 Å². The Morgan fingerprint density at radius 3 is 2.79 bits per heavy atom. The third-order valence-electron chi connectivity index (χ3n) is 4.15. The molecular weight excluding hydrogens is 306 g/mol. The summed E-state index contributed by atoms with van der Waals surface area (Å²) in [4.78, 5) is 37.6. The van der Waals surface area contributed by atoms with Gasteiger partial charge in [-0.3, -0.25) is 9.59 Å². The highest BCUT2D eigenvalue weighted by molar-refractivity contribution is 5.96. The van der Waals surface area contributed by atoms with E-state index >= 15 is 0 Å². The highest BCUT2D eigenvalue weighted by atomic mass is 16.2. The minimum Gasteiger partial charge on any atom is -0.356 e. The summed E-state index contributed by atoms with van der Waals surface area (Å²) in [5.74, 6) is -0.177. The van der Waals surface area contributed by atoms with Gasteiger partial charge < -0.3 is 15.5 Å². The van der Waals surface area contributed by atoms with Crippen molar-refractivity contribution in [3.05, 3.63) is 29.8 Å². The molecule has 1 aromatic carbocycles. The number of rotatable bonds is 5. The number of benzene rings is 1. The van der Waals surface area contributed by atoms with Gasteiger partial charge in [0.25, 0.3) is 0 Å². The number of nitrogens with zero attached hydrogens (tertiary/aromatic N) is 1. The zero-order valence-electron chi connectivity index (χ0n) is 14.3. The monoisotopic (exact) mass is 331 g/mol. The fraction of sp³-hybridized carbons (Fsp3) is 0.500. The molecule has 0 radical (unpaired) electrons. The maximum atomic E-state index is 12.4. The van der Waals surface area contributed by atoms with Crippen molar-refractivity contribution in [3.8, 4) is 0 Å². The molecule has 0 spiro atoms. The molecule has 1 aliphatic heterocycles. The van der Waals surface area contributed by atoms with E-state index in [1.54, 1.807) is 29.2 Å². The third kappa shape index (κ3) is 4.81. The summed E-state index contributed by atoms with van der Waals surface area (Å²) >= 11 is 0. The van der Waals surface area contributed by atoms with Crippen molar-refractivity contribution >= 4 is 23.4 Å². The van der Waals surface area contributed by atoms with E-state index in [0.717, 1.165) is 19.3 Å². The Kier molecular flexibility index (Phi) is 6.35. The predicted molar refractivity (Wildman–Crippen MR) is 93.1 cm³/mol. The zero-order valence-corrected chi connectivity index (χ0v) is 14.3. The molecule has 6 heteroatoms. The molecule has 1 unspecified atom stereocenters. The number of amides is 3. The number of hydrogen-bond donors (Lipinski definition) is 2. The highest BCUT2D eigenvalue weighted by Gasteiger charge is 2.28. The van der Waals surface area contributed by atoms with E-state index in [4.69, 9.17) is 0 Å². The average molecular weight is 331 g/mol. The number of urea groups is 1. The van der Waals surface area contributed by atoms with E-state index in [-0.39, 0.29) is 23.6 Å². The smallest absolute Gasteiger partial charge is 0.321 e. The van der Waals surface area contributed by atoms with Crippen LogP contribution in [0.1, 0.15) is 43.5 Å². The van der Waals surface area contributed by atoms with E-state index in [2.05, 4.69) is 10.6 Å². The van der Waals surface area contributed by atoms with Crippen LogP contribution in [0.4, 0.5) is 10.5 Å². The summed E-state index contributed by atoms with van der Waals surface area (Å²) in [5, 5.41) is 5.71. The first-order valence-electron chi connectivity index (χ1n) is 8.46. The number of piperidine rings is 1. The van der Waals surface area contributed by atoms with Gasteiger partial charge in [0.1, 0.15) is 0 Å². The molecule has 2 N–H and O–H groups in total. The Hall–Kier alpha value is -2.37. The van der Waals surface area contributed by atoms with Gasteiger partial charge in [0.2, 0.25) is 5.91 Å². The second-order valence-corrected chi connectivity index (χ2v) is 6.14. The number of likely N-dealkylation sites (tertiary alicyclic amines) is 1. The normalized spacial score (nSPS) is 17.2. The number of carbonyl (C=O) groups excluding carboxylic acids is 3. The minimum absolute atomic E-state index is 0.0212. The van der Waals surface area contributed by atoms with Crippen molar-refractivity contribution in [3.63, 3.8) is 0 Å². The van der Waals surface area contributed by atoms with Gasteiger partial charge in [0, 0.05) is 30.9 Å². The Morgan fingerprint density at radius 2 is 2.08 bits per heavy atom. The van der Waals surface area contributed by atoms with Crippen molar-refractivity contribution < 1.29 is 14.4 Å². The van der Waals surface area contributed by atoms with Crippen molar-refractivity contribution in [2.75, 3.05) is 25.0 Å². The van der Waals surface area contributed by atoms with Crippen LogP contribution in [0.15, 0.2) is 24.3 Å². The average Bonchev–Trinajstić information content (AvgIpc) is 2.60. The third-order valence-corrected chi connectivity index (χ3v) is 4.15. The number of nitrogens with one attached hydrogen (secondary N) is 2. The predicted octanol–water partition coefficient (Wildman–Crippen LogP) is 2.66. The largest absolute Gasteiger partial charge is 0.356 e. The molecule has 24 heavy (non-hydrogen) atoms. The molecule has 3 amide bonds. The van der Waals surface area contributed by atoms with Gasteiger partial charge in [-0.05, 0) is 38.3 Å². The molecule has 1 aromatic rings. The van der Waals surface area contributed by atoms with E-state index in [1.165, 1.54) is 6.92 Å². The molecule has 6 nitrogen and oxygen atoms in total. The highest BCUT2D eigenvalue weighted by Crippen LogP contribution is 2.18. The Balaban J connectivity index is 1.95. The second kappa shape index (κ2) is 8.47. The maximum Gasteiger partial charge on any atom is 0.321 e. The van der Waals surface area contributed by atoms with Crippen LogP contribution in [0.3, 0.4) is 0 Å². The summed E-state index contributed by atoms with van der Waals surface area (Å²) in [6.45, 7) is 5.23. The van der Waals surface area contributed by atoms with E-state index < -0.39 is 0 Å². The number of ketones is 1. The topological polar surface area (TPSA) is 78.5 Å². The molecular formula is C18H25N3O3. The lowest BCUT2D eigenvalue weighted by molar-refractivity contribution is -0.126. The van der Waals surface area contributed by atoms with Crippen LogP contribution in [-0.2, 0) is 4.79 Å². The molecule has 1 saturated heterocycles. The maximum absolute atomic E-state index is 12.4. The quantitative estimate of drug-likeness (QED) is 0.814. The fourth-order valence-corrected chi connectivity index (χ4v) is 2.79. The second-order valence-electron chi connectivity index (χ2n) is 6.14. The molecule has 0 aromatic heterocycles. The van der Waals surface area contributed by atoms with Gasteiger partial charge in [-0.15, -0.1) is 0 Å². The molecule has 0 saturated carbocycles. The molecule has 1 aliphatic rings. The minimum atomic E-state index is -0.233. The van der Waals surface area contributed by atoms with Crippen LogP contribution in [-0.4, -0.2) is 42.3 Å². The van der Waals surface area contributed by atoms with Gasteiger partial charge in [0.15, 0.2) is 5.78 Å². The number of Topliss-reactive ketones (excluding diaryl/α,β-unsaturated/α-hetero) is 1. The summed E-state index contributed by atoms with van der Waals surface area (Å²) in [6.07, 6.45) is 2.51. The van der Waals surface area contributed by atoms with Crippen LogP contribution in [0, 0.1) is 5.92 Å². The van der Waals surface area contributed by atoms with Crippen molar-refractivity contribution in [2.45, 2.75) is 33.1 Å². The Labute approximate surface area is 142 Å². The van der Waals surface area contributed by atoms with Crippen LogP contribution in [0.5, 0.6) is 0 Å². The first-order chi connectivity index (χ1) is 11.5. The molecule has 1 fully saturated rings. The molecule has 0 bridgehead atoms. The van der Waals surface area contributed by atoms with Crippen molar-refractivity contribution in [1.82, 2.24) is 10.2 Å². The Bertz CT molecular complexity index is 615. The van der Waals surface area contributed by atoms with Crippen LogP contribution < -0.4 is 10.6 Å². The van der Waals surface area contributed by atoms with Crippen molar-refractivity contribution in [2.24, 2.45) is 5.92 Å². The van der Waals surface area contributed by atoms with Gasteiger partial charge in [0.05, 0.1) is 5.92 Å². The standard InChI is InChI=1S/C18H25N3O3/c1-3-9-19-17(23)15-7-5-10-21(12-15)18(24)20-16-8-4-6-14(11-16)13(2)22/h4,6,8,11,15H,3,5,7,9-10,12H2,1-2H3,(H,19,23)(H,20,24). The number of anilines is 1. The van der Waals surface area contributed by atoms with E-state index in [1.807, 2.05) is 6.92 Å². The van der Waals surface area contributed by atoms with Gasteiger partial charge in [-0.25, -0.2) is 4.79 Å². The lowest BCUT2D eigenvalue weighted by Gasteiger charge is -2.32. The summed E-state index contributed by atoms with van der Waals surface area (Å²) in [7, 11) is 0. The zero-order chi connectivity index (χ0) is 17.5. The van der Waals surface area contributed by atoms with Crippen LogP contribution in [0.25, 0.3) is 0 Å². The van der Waals surface area contributed by atoms with Gasteiger partial charge >= 0.3 is 6.03 Å². The summed E-state index contributed by atoms with van der Waals surface area (Å²) in [5.41, 5.74) is 1.15. The molecule has 130 valence electrons. The van der Waals surface area contributed by atoms with Gasteiger partial charge in [-0.1, -0.05) is 19.1 Å². The summed E-state index contributed by atoms with van der Waals surface area (Å²) in [6, 6.07) is 6.63.